The van der Waals surface area contributed by atoms with E-state index in [9.17, 15) is 9.59 Å². The standard InChI is InChI=1S/C21H24N6O2/c22-15-17-5-4-10-23-19(17)24-11-12-25-20(28)16-8-13-27(14-9-16)21(29)26-18-6-2-1-3-7-18/h1-7,10,16H,8-9,11-14H2,(H,23,24)(H,25,28)(H,26,29). The van der Waals surface area contributed by atoms with Gasteiger partial charge in [-0.3, -0.25) is 4.79 Å². The second-order valence-electron chi connectivity index (χ2n) is 6.79. The highest BCUT2D eigenvalue weighted by atomic mass is 16.2. The molecule has 1 aliphatic rings. The van der Waals surface area contributed by atoms with E-state index in [-0.39, 0.29) is 17.9 Å². The number of nitrogens with zero attached hydrogens (tertiary/aromatic N) is 3. The Morgan fingerprint density at radius 3 is 2.59 bits per heavy atom. The lowest BCUT2D eigenvalue weighted by Gasteiger charge is -2.31. The van der Waals surface area contributed by atoms with Crippen LogP contribution in [0, 0.1) is 17.2 Å². The number of nitrogens with one attached hydrogen (secondary N) is 3. The van der Waals surface area contributed by atoms with E-state index in [0.717, 1.165) is 5.69 Å². The van der Waals surface area contributed by atoms with Crippen molar-refractivity contribution in [1.82, 2.24) is 15.2 Å². The van der Waals surface area contributed by atoms with Gasteiger partial charge in [0, 0.05) is 44.0 Å². The Morgan fingerprint density at radius 1 is 1.10 bits per heavy atom. The molecule has 0 atom stereocenters. The summed E-state index contributed by atoms with van der Waals surface area (Å²) in [7, 11) is 0. The molecule has 8 heteroatoms. The lowest BCUT2D eigenvalue weighted by atomic mass is 9.96. The zero-order chi connectivity index (χ0) is 20.5. The van der Waals surface area contributed by atoms with Crippen LogP contribution in [0.5, 0.6) is 0 Å². The number of piperidine rings is 1. The van der Waals surface area contributed by atoms with E-state index >= 15 is 0 Å². The molecule has 3 amide bonds. The summed E-state index contributed by atoms with van der Waals surface area (Å²) in [6, 6.07) is 14.7. The molecule has 0 spiro atoms. The third kappa shape index (κ3) is 5.69. The summed E-state index contributed by atoms with van der Waals surface area (Å²) in [4.78, 5) is 30.6. The van der Waals surface area contributed by atoms with Crippen LogP contribution in [-0.4, -0.2) is 48.0 Å². The number of nitriles is 1. The van der Waals surface area contributed by atoms with Gasteiger partial charge in [0.05, 0.1) is 5.56 Å². The smallest absolute Gasteiger partial charge is 0.321 e. The summed E-state index contributed by atoms with van der Waals surface area (Å²) >= 11 is 0. The van der Waals surface area contributed by atoms with Crippen LogP contribution in [0.3, 0.4) is 0 Å². The number of benzene rings is 1. The topological polar surface area (TPSA) is 110 Å². The summed E-state index contributed by atoms with van der Waals surface area (Å²) in [6.45, 7) is 2.02. The highest BCUT2D eigenvalue weighted by Crippen LogP contribution is 2.18. The lowest BCUT2D eigenvalue weighted by Crippen LogP contribution is -2.45. The van der Waals surface area contributed by atoms with Gasteiger partial charge in [-0.1, -0.05) is 18.2 Å². The first-order valence-electron chi connectivity index (χ1n) is 9.65. The van der Waals surface area contributed by atoms with Crippen LogP contribution in [0.4, 0.5) is 16.3 Å². The van der Waals surface area contributed by atoms with Crippen molar-refractivity contribution in [2.45, 2.75) is 12.8 Å². The van der Waals surface area contributed by atoms with Crippen LogP contribution in [0.2, 0.25) is 0 Å². The minimum absolute atomic E-state index is 0.00329. The van der Waals surface area contributed by atoms with Crippen LogP contribution in [-0.2, 0) is 4.79 Å². The third-order valence-corrected chi connectivity index (χ3v) is 4.82. The van der Waals surface area contributed by atoms with Gasteiger partial charge >= 0.3 is 6.03 Å². The number of pyridine rings is 1. The summed E-state index contributed by atoms with van der Waals surface area (Å²) in [6.07, 6.45) is 2.89. The van der Waals surface area contributed by atoms with Gasteiger partial charge in [-0.05, 0) is 37.1 Å². The van der Waals surface area contributed by atoms with Crippen molar-refractivity contribution in [3.63, 3.8) is 0 Å². The number of amides is 3. The maximum atomic E-state index is 12.4. The molecular formula is C21H24N6O2. The maximum absolute atomic E-state index is 12.4. The van der Waals surface area contributed by atoms with Crippen molar-refractivity contribution in [3.8, 4) is 6.07 Å². The summed E-state index contributed by atoms with van der Waals surface area (Å²) in [5, 5.41) is 17.9. The fourth-order valence-corrected chi connectivity index (χ4v) is 3.22. The molecule has 0 saturated carbocycles. The molecule has 2 aromatic rings. The predicted octanol–water partition coefficient (Wildman–Crippen LogP) is 2.43. The van der Waals surface area contributed by atoms with Gasteiger partial charge in [0.1, 0.15) is 11.9 Å². The van der Waals surface area contributed by atoms with E-state index in [1.807, 2.05) is 30.3 Å². The molecule has 3 N–H and O–H groups in total. The molecule has 2 heterocycles. The molecule has 0 aliphatic carbocycles. The number of carbonyl (C=O) groups is 2. The largest absolute Gasteiger partial charge is 0.367 e. The minimum Gasteiger partial charge on any atom is -0.367 e. The van der Waals surface area contributed by atoms with Crippen LogP contribution in [0.25, 0.3) is 0 Å². The SMILES string of the molecule is N#Cc1cccnc1NCCNC(=O)C1CCN(C(=O)Nc2ccccc2)CC1. The first-order valence-corrected chi connectivity index (χ1v) is 9.65. The summed E-state index contributed by atoms with van der Waals surface area (Å²) < 4.78 is 0. The van der Waals surface area contributed by atoms with Gasteiger partial charge in [-0.15, -0.1) is 0 Å². The Kier molecular flexibility index (Phi) is 7.00. The molecule has 150 valence electrons. The van der Waals surface area contributed by atoms with Crippen molar-refractivity contribution >= 4 is 23.4 Å². The molecular weight excluding hydrogens is 368 g/mol. The van der Waals surface area contributed by atoms with Crippen molar-refractivity contribution in [1.29, 1.82) is 5.26 Å². The fourth-order valence-electron chi connectivity index (χ4n) is 3.22. The van der Waals surface area contributed by atoms with E-state index in [4.69, 9.17) is 5.26 Å². The van der Waals surface area contributed by atoms with Crippen LogP contribution < -0.4 is 16.0 Å². The number of carbonyl (C=O) groups excluding carboxylic acids is 2. The average Bonchev–Trinajstić information content (AvgIpc) is 2.77. The first kappa shape index (κ1) is 20.1. The molecule has 1 saturated heterocycles. The van der Waals surface area contributed by atoms with Gasteiger partial charge in [-0.25, -0.2) is 9.78 Å². The third-order valence-electron chi connectivity index (χ3n) is 4.82. The molecule has 8 nitrogen and oxygen atoms in total. The van der Waals surface area contributed by atoms with Crippen molar-refractivity contribution < 1.29 is 9.59 Å². The number of hydrogen-bond acceptors (Lipinski definition) is 5. The van der Waals surface area contributed by atoms with Crippen LogP contribution >= 0.6 is 0 Å². The molecule has 3 rings (SSSR count). The van der Waals surface area contributed by atoms with Gasteiger partial charge in [0.15, 0.2) is 0 Å². The monoisotopic (exact) mass is 392 g/mol. The Bertz CT molecular complexity index is 872. The Hall–Kier alpha value is -3.60. The zero-order valence-corrected chi connectivity index (χ0v) is 16.1. The molecule has 1 aliphatic heterocycles. The highest BCUT2D eigenvalue weighted by molar-refractivity contribution is 5.89. The number of likely N-dealkylation sites (tertiary alicyclic amines) is 1. The van der Waals surface area contributed by atoms with E-state index in [1.165, 1.54) is 0 Å². The molecule has 1 aromatic heterocycles. The Balaban J connectivity index is 1.36. The number of rotatable bonds is 6. The predicted molar refractivity (Wildman–Crippen MR) is 110 cm³/mol. The second kappa shape index (κ2) is 10.1. The van der Waals surface area contributed by atoms with Gasteiger partial charge in [-0.2, -0.15) is 5.26 Å². The number of urea groups is 1. The number of hydrogen-bond donors (Lipinski definition) is 3. The van der Waals surface area contributed by atoms with Crippen molar-refractivity contribution in [2.24, 2.45) is 5.92 Å². The van der Waals surface area contributed by atoms with E-state index in [0.29, 0.717) is 50.4 Å². The van der Waals surface area contributed by atoms with Crippen LogP contribution in [0.1, 0.15) is 18.4 Å². The van der Waals surface area contributed by atoms with E-state index in [2.05, 4.69) is 27.0 Å². The average molecular weight is 392 g/mol. The quantitative estimate of drug-likeness (QED) is 0.654. The second-order valence-corrected chi connectivity index (χ2v) is 6.79. The summed E-state index contributed by atoms with van der Waals surface area (Å²) in [5.74, 6) is 0.415. The van der Waals surface area contributed by atoms with Crippen LogP contribution in [0.15, 0.2) is 48.7 Å². The molecule has 1 fully saturated rings. The Labute approximate surface area is 169 Å². The van der Waals surface area contributed by atoms with Gasteiger partial charge in [0.25, 0.3) is 0 Å². The summed E-state index contributed by atoms with van der Waals surface area (Å²) in [5.41, 5.74) is 1.23. The van der Waals surface area contributed by atoms with Crippen molar-refractivity contribution in [3.05, 3.63) is 54.2 Å². The van der Waals surface area contributed by atoms with Gasteiger partial charge in [0.2, 0.25) is 5.91 Å². The number of aromatic nitrogens is 1. The highest BCUT2D eigenvalue weighted by Gasteiger charge is 2.27. The minimum atomic E-state index is -0.136. The fraction of sp³-hybridized carbons (Fsp3) is 0.333. The Morgan fingerprint density at radius 2 is 1.86 bits per heavy atom. The molecule has 0 bridgehead atoms. The maximum Gasteiger partial charge on any atom is 0.321 e. The molecule has 0 unspecified atom stereocenters. The number of para-hydroxylation sites is 1. The number of anilines is 2. The van der Waals surface area contributed by atoms with Gasteiger partial charge < -0.3 is 20.9 Å². The normalized spacial score (nSPS) is 14.0. The zero-order valence-electron chi connectivity index (χ0n) is 16.1. The van der Waals surface area contributed by atoms with E-state index in [1.54, 1.807) is 23.2 Å². The first-order chi connectivity index (χ1) is 14.2. The van der Waals surface area contributed by atoms with Crippen molar-refractivity contribution in [2.75, 3.05) is 36.8 Å². The lowest BCUT2D eigenvalue weighted by molar-refractivity contribution is -0.126. The molecule has 29 heavy (non-hydrogen) atoms. The van der Waals surface area contributed by atoms with E-state index < -0.39 is 0 Å². The molecule has 0 radical (unpaired) electrons. The molecule has 1 aromatic carbocycles.